The van der Waals surface area contributed by atoms with Gasteiger partial charge in [0.05, 0.1) is 11.8 Å². The van der Waals surface area contributed by atoms with Crippen molar-refractivity contribution in [1.29, 1.82) is 0 Å². The lowest BCUT2D eigenvalue weighted by Crippen LogP contribution is -2.37. The molecule has 3 heterocycles. The summed E-state index contributed by atoms with van der Waals surface area (Å²) in [5, 5.41) is 5.62. The fraction of sp³-hybridized carbons (Fsp3) is 0.583. The van der Waals surface area contributed by atoms with E-state index in [-0.39, 0.29) is 0 Å². The molecule has 2 unspecified atom stereocenters. The number of thiazole rings is 1. The highest BCUT2D eigenvalue weighted by molar-refractivity contribution is 7.15. The van der Waals surface area contributed by atoms with Gasteiger partial charge in [-0.1, -0.05) is 0 Å². The third-order valence-electron chi connectivity index (χ3n) is 3.20. The minimum atomic E-state index is 0.381. The molecular weight excluding hydrogens is 234 g/mol. The molecule has 0 spiro atoms. The van der Waals surface area contributed by atoms with Crippen molar-refractivity contribution in [3.63, 3.8) is 0 Å². The molecule has 4 nitrogen and oxygen atoms in total. The predicted molar refractivity (Wildman–Crippen MR) is 68.3 cm³/mol. The second-order valence-electron chi connectivity index (χ2n) is 4.61. The standard InChI is InChI=1S/C12H17N3OS/c1-9-6-10(2-4-16-9)13-7-11-8-15-3-5-17-12(15)14-11/h3,5,8-10,13H,2,4,6-7H2,1H3. The van der Waals surface area contributed by atoms with E-state index in [4.69, 9.17) is 4.74 Å². The molecule has 1 N–H and O–H groups in total. The van der Waals surface area contributed by atoms with Gasteiger partial charge in [0.1, 0.15) is 0 Å². The van der Waals surface area contributed by atoms with E-state index in [1.807, 2.05) is 6.20 Å². The molecule has 0 radical (unpaired) electrons. The van der Waals surface area contributed by atoms with E-state index < -0.39 is 0 Å². The van der Waals surface area contributed by atoms with Crippen LogP contribution in [0.2, 0.25) is 0 Å². The molecule has 1 saturated heterocycles. The summed E-state index contributed by atoms with van der Waals surface area (Å²) in [5.41, 5.74) is 1.12. The zero-order valence-corrected chi connectivity index (χ0v) is 10.7. The van der Waals surface area contributed by atoms with Crippen LogP contribution in [-0.2, 0) is 11.3 Å². The molecule has 92 valence electrons. The van der Waals surface area contributed by atoms with Crippen LogP contribution in [0.3, 0.4) is 0 Å². The van der Waals surface area contributed by atoms with Crippen molar-refractivity contribution in [1.82, 2.24) is 14.7 Å². The summed E-state index contributed by atoms with van der Waals surface area (Å²) in [6, 6.07) is 0.568. The van der Waals surface area contributed by atoms with E-state index in [1.165, 1.54) is 0 Å². The van der Waals surface area contributed by atoms with Gasteiger partial charge in [0.2, 0.25) is 0 Å². The Labute approximate surface area is 105 Å². The van der Waals surface area contributed by atoms with Crippen LogP contribution in [0.25, 0.3) is 4.96 Å². The van der Waals surface area contributed by atoms with Crippen LogP contribution in [0.1, 0.15) is 25.5 Å². The lowest BCUT2D eigenvalue weighted by atomic mass is 10.0. The number of hydrogen-bond donors (Lipinski definition) is 1. The first-order valence-electron chi connectivity index (χ1n) is 6.07. The quantitative estimate of drug-likeness (QED) is 0.907. The molecule has 0 aromatic carbocycles. The van der Waals surface area contributed by atoms with E-state index >= 15 is 0 Å². The second-order valence-corrected chi connectivity index (χ2v) is 5.48. The van der Waals surface area contributed by atoms with E-state index in [0.717, 1.165) is 36.6 Å². The van der Waals surface area contributed by atoms with Gasteiger partial charge in [-0.2, -0.15) is 0 Å². The summed E-state index contributed by atoms with van der Waals surface area (Å²) in [7, 11) is 0. The molecule has 0 aliphatic carbocycles. The van der Waals surface area contributed by atoms with E-state index in [9.17, 15) is 0 Å². The zero-order valence-electron chi connectivity index (χ0n) is 9.93. The van der Waals surface area contributed by atoms with Gasteiger partial charge in [-0.15, -0.1) is 11.3 Å². The van der Waals surface area contributed by atoms with Crippen LogP contribution in [0.15, 0.2) is 17.8 Å². The first-order valence-corrected chi connectivity index (χ1v) is 6.95. The highest BCUT2D eigenvalue weighted by Crippen LogP contribution is 2.15. The number of nitrogens with zero attached hydrogens (tertiary/aromatic N) is 2. The van der Waals surface area contributed by atoms with Crippen LogP contribution >= 0.6 is 11.3 Å². The van der Waals surface area contributed by atoms with Gasteiger partial charge >= 0.3 is 0 Å². The summed E-state index contributed by atoms with van der Waals surface area (Å²) in [6.07, 6.45) is 6.73. The van der Waals surface area contributed by atoms with Crippen molar-refractivity contribution in [2.75, 3.05) is 6.61 Å². The third kappa shape index (κ3) is 2.51. The molecule has 17 heavy (non-hydrogen) atoms. The lowest BCUT2D eigenvalue weighted by molar-refractivity contribution is 0.0130. The minimum Gasteiger partial charge on any atom is -0.378 e. The maximum Gasteiger partial charge on any atom is 0.193 e. The Morgan fingerprint density at radius 1 is 1.65 bits per heavy atom. The summed E-state index contributed by atoms with van der Waals surface area (Å²) >= 11 is 1.67. The number of hydrogen-bond acceptors (Lipinski definition) is 4. The average Bonchev–Trinajstić information content (AvgIpc) is 2.86. The van der Waals surface area contributed by atoms with Crippen molar-refractivity contribution in [2.45, 2.75) is 38.5 Å². The monoisotopic (exact) mass is 251 g/mol. The molecule has 1 fully saturated rings. The van der Waals surface area contributed by atoms with Crippen molar-refractivity contribution >= 4 is 16.3 Å². The van der Waals surface area contributed by atoms with Crippen molar-refractivity contribution in [3.05, 3.63) is 23.5 Å². The molecule has 3 rings (SSSR count). The molecule has 2 atom stereocenters. The molecule has 1 aliphatic rings. The summed E-state index contributed by atoms with van der Waals surface area (Å²) in [5.74, 6) is 0. The van der Waals surface area contributed by atoms with Gasteiger partial charge in [-0.25, -0.2) is 4.98 Å². The van der Waals surface area contributed by atoms with Gasteiger partial charge in [0.15, 0.2) is 4.96 Å². The van der Waals surface area contributed by atoms with Crippen LogP contribution in [0.5, 0.6) is 0 Å². The second kappa shape index (κ2) is 4.76. The number of rotatable bonds is 3. The van der Waals surface area contributed by atoms with E-state index in [1.54, 1.807) is 11.3 Å². The SMILES string of the molecule is CC1CC(NCc2cn3ccsc3n2)CCO1. The highest BCUT2D eigenvalue weighted by atomic mass is 32.1. The number of imidazole rings is 1. The molecular formula is C12H17N3OS. The normalized spacial score (nSPS) is 25.5. The first-order chi connectivity index (χ1) is 8.31. The van der Waals surface area contributed by atoms with Gasteiger partial charge < -0.3 is 10.1 Å². The summed E-state index contributed by atoms with van der Waals surface area (Å²) in [6.45, 7) is 3.86. The molecule has 5 heteroatoms. The summed E-state index contributed by atoms with van der Waals surface area (Å²) in [4.78, 5) is 5.64. The maximum absolute atomic E-state index is 5.54. The first kappa shape index (κ1) is 11.2. The van der Waals surface area contributed by atoms with Crippen molar-refractivity contribution in [2.24, 2.45) is 0 Å². The summed E-state index contributed by atoms with van der Waals surface area (Å²) < 4.78 is 7.62. The Kier molecular flexibility index (Phi) is 3.13. The molecule has 0 bridgehead atoms. The molecule has 0 amide bonds. The molecule has 2 aromatic rings. The maximum atomic E-state index is 5.54. The van der Waals surface area contributed by atoms with Crippen LogP contribution < -0.4 is 5.32 Å². The highest BCUT2D eigenvalue weighted by Gasteiger charge is 2.18. The third-order valence-corrected chi connectivity index (χ3v) is 3.97. The average molecular weight is 251 g/mol. The van der Waals surface area contributed by atoms with Gasteiger partial charge in [-0.05, 0) is 19.8 Å². The van der Waals surface area contributed by atoms with E-state index in [2.05, 4.69) is 33.2 Å². The van der Waals surface area contributed by atoms with Crippen LogP contribution in [-0.4, -0.2) is 28.1 Å². The van der Waals surface area contributed by atoms with Crippen molar-refractivity contribution in [3.8, 4) is 0 Å². The van der Waals surface area contributed by atoms with Crippen molar-refractivity contribution < 1.29 is 4.74 Å². The number of fused-ring (bicyclic) bond motifs is 1. The number of ether oxygens (including phenoxy) is 1. The van der Waals surface area contributed by atoms with E-state index in [0.29, 0.717) is 12.1 Å². The fourth-order valence-corrected chi connectivity index (χ4v) is 3.01. The Morgan fingerprint density at radius 3 is 3.41 bits per heavy atom. The Hall–Kier alpha value is -0.910. The van der Waals surface area contributed by atoms with Crippen LogP contribution in [0.4, 0.5) is 0 Å². The van der Waals surface area contributed by atoms with Crippen LogP contribution in [0, 0.1) is 0 Å². The van der Waals surface area contributed by atoms with Gasteiger partial charge in [-0.3, -0.25) is 4.40 Å². The molecule has 2 aromatic heterocycles. The lowest BCUT2D eigenvalue weighted by Gasteiger charge is -2.27. The molecule has 1 aliphatic heterocycles. The largest absolute Gasteiger partial charge is 0.378 e. The number of nitrogens with one attached hydrogen (secondary N) is 1. The van der Waals surface area contributed by atoms with Gasteiger partial charge in [0, 0.05) is 37.0 Å². The molecule has 0 saturated carbocycles. The zero-order chi connectivity index (χ0) is 11.7. The fourth-order valence-electron chi connectivity index (χ4n) is 2.29. The minimum absolute atomic E-state index is 0.381. The predicted octanol–water partition coefficient (Wildman–Crippen LogP) is 2.05. The Bertz CT molecular complexity index is 464. The number of aromatic nitrogens is 2. The Morgan fingerprint density at radius 2 is 2.59 bits per heavy atom. The Balaban J connectivity index is 1.58. The topological polar surface area (TPSA) is 38.6 Å². The smallest absolute Gasteiger partial charge is 0.193 e. The van der Waals surface area contributed by atoms with Gasteiger partial charge in [0.25, 0.3) is 0 Å².